The molecule has 2 heteroatoms. The zero-order valence-corrected chi connectivity index (χ0v) is 10.3. The smallest absolute Gasteiger partial charge is 0.0208 e. The lowest BCUT2D eigenvalue weighted by Gasteiger charge is -2.12. The van der Waals surface area contributed by atoms with Crippen molar-refractivity contribution in [3.63, 3.8) is 0 Å². The van der Waals surface area contributed by atoms with Crippen molar-refractivity contribution in [2.45, 2.75) is 25.9 Å². The molecule has 0 spiro atoms. The summed E-state index contributed by atoms with van der Waals surface area (Å²) in [5.74, 6) is 0. The zero-order valence-electron chi connectivity index (χ0n) is 9.52. The molecule has 0 aliphatic heterocycles. The first-order valence-corrected chi connectivity index (χ1v) is 6.52. The van der Waals surface area contributed by atoms with Gasteiger partial charge in [0.05, 0.1) is 0 Å². The van der Waals surface area contributed by atoms with E-state index in [4.69, 9.17) is 0 Å². The van der Waals surface area contributed by atoms with E-state index >= 15 is 0 Å². The van der Waals surface area contributed by atoms with Crippen LogP contribution in [0.5, 0.6) is 0 Å². The van der Waals surface area contributed by atoms with E-state index in [1.54, 1.807) is 0 Å². The van der Waals surface area contributed by atoms with Crippen molar-refractivity contribution in [2.75, 3.05) is 0 Å². The first-order valence-electron chi connectivity index (χ1n) is 5.64. The standard InChI is InChI=1S/C14H17NS/c1-12(10-14-8-5-9-16-14)15-11-13-6-3-2-4-7-13/h2-9,12,15H,10-11H2,1H3/t12-/m0/s1. The molecule has 0 saturated heterocycles. The van der Waals surface area contributed by atoms with Crippen molar-refractivity contribution in [1.29, 1.82) is 0 Å². The lowest BCUT2D eigenvalue weighted by Crippen LogP contribution is -2.27. The van der Waals surface area contributed by atoms with Gasteiger partial charge in [0, 0.05) is 17.5 Å². The lowest BCUT2D eigenvalue weighted by atomic mass is 10.2. The topological polar surface area (TPSA) is 12.0 Å². The Kier molecular flexibility index (Phi) is 4.14. The molecule has 84 valence electrons. The highest BCUT2D eigenvalue weighted by Crippen LogP contribution is 2.11. The zero-order chi connectivity index (χ0) is 11.2. The van der Waals surface area contributed by atoms with E-state index in [0.29, 0.717) is 6.04 Å². The number of benzene rings is 1. The number of rotatable bonds is 5. The van der Waals surface area contributed by atoms with Crippen LogP contribution in [-0.2, 0) is 13.0 Å². The fourth-order valence-corrected chi connectivity index (χ4v) is 2.53. The van der Waals surface area contributed by atoms with Crippen LogP contribution < -0.4 is 5.32 Å². The van der Waals surface area contributed by atoms with E-state index in [9.17, 15) is 0 Å². The van der Waals surface area contributed by atoms with Gasteiger partial charge in [0.1, 0.15) is 0 Å². The van der Waals surface area contributed by atoms with Crippen molar-refractivity contribution in [2.24, 2.45) is 0 Å². The van der Waals surface area contributed by atoms with Gasteiger partial charge in [-0.15, -0.1) is 11.3 Å². The van der Waals surface area contributed by atoms with Crippen molar-refractivity contribution >= 4 is 11.3 Å². The molecule has 1 atom stereocenters. The van der Waals surface area contributed by atoms with Crippen molar-refractivity contribution < 1.29 is 0 Å². The molecule has 0 fully saturated rings. The second-order valence-corrected chi connectivity index (χ2v) is 5.08. The second-order valence-electron chi connectivity index (χ2n) is 4.05. The molecular formula is C14H17NS. The molecule has 0 saturated carbocycles. The first-order chi connectivity index (χ1) is 7.84. The molecular weight excluding hydrogens is 214 g/mol. The van der Waals surface area contributed by atoms with E-state index in [2.05, 4.69) is 60.1 Å². The molecule has 1 heterocycles. The summed E-state index contributed by atoms with van der Waals surface area (Å²) in [6.45, 7) is 3.19. The SMILES string of the molecule is C[C@@H](Cc1cccs1)NCc1ccccc1. The summed E-state index contributed by atoms with van der Waals surface area (Å²) >= 11 is 1.83. The minimum Gasteiger partial charge on any atom is -0.310 e. The number of hydrogen-bond donors (Lipinski definition) is 1. The van der Waals surface area contributed by atoms with E-state index in [-0.39, 0.29) is 0 Å². The summed E-state index contributed by atoms with van der Waals surface area (Å²) in [6, 6.07) is 15.4. The molecule has 0 unspecified atom stereocenters. The molecule has 2 aromatic rings. The summed E-state index contributed by atoms with van der Waals surface area (Å²) < 4.78 is 0. The number of thiophene rings is 1. The average molecular weight is 231 g/mol. The predicted octanol–water partition coefficient (Wildman–Crippen LogP) is 3.47. The Hall–Kier alpha value is -1.12. The third-order valence-corrected chi connectivity index (χ3v) is 3.48. The second kappa shape index (κ2) is 5.83. The van der Waals surface area contributed by atoms with Crippen LogP contribution in [0.1, 0.15) is 17.4 Å². The normalized spacial score (nSPS) is 12.6. The van der Waals surface area contributed by atoms with Gasteiger partial charge in [0.15, 0.2) is 0 Å². The van der Waals surface area contributed by atoms with Crippen LogP contribution in [0.4, 0.5) is 0 Å². The van der Waals surface area contributed by atoms with Crippen molar-refractivity contribution in [1.82, 2.24) is 5.32 Å². The highest BCUT2D eigenvalue weighted by Gasteiger charge is 2.03. The van der Waals surface area contributed by atoms with E-state index in [1.807, 2.05) is 11.3 Å². The Morgan fingerprint density at radius 1 is 1.12 bits per heavy atom. The molecule has 0 bridgehead atoms. The first kappa shape index (κ1) is 11.4. The Morgan fingerprint density at radius 2 is 1.94 bits per heavy atom. The monoisotopic (exact) mass is 231 g/mol. The van der Waals surface area contributed by atoms with Crippen LogP contribution in [-0.4, -0.2) is 6.04 Å². The third-order valence-electron chi connectivity index (χ3n) is 2.58. The molecule has 0 radical (unpaired) electrons. The maximum atomic E-state index is 3.54. The molecule has 0 aliphatic carbocycles. The average Bonchev–Trinajstić information content (AvgIpc) is 2.81. The van der Waals surface area contributed by atoms with Crippen LogP contribution >= 0.6 is 11.3 Å². The van der Waals surface area contributed by atoms with E-state index < -0.39 is 0 Å². The van der Waals surface area contributed by atoms with Crippen LogP contribution in [0.15, 0.2) is 47.8 Å². The Labute approximate surface area is 101 Å². The van der Waals surface area contributed by atoms with Gasteiger partial charge < -0.3 is 5.32 Å². The van der Waals surface area contributed by atoms with Gasteiger partial charge in [-0.2, -0.15) is 0 Å². The van der Waals surface area contributed by atoms with Crippen LogP contribution in [0.25, 0.3) is 0 Å². The van der Waals surface area contributed by atoms with Gasteiger partial charge in [-0.05, 0) is 30.4 Å². The van der Waals surface area contributed by atoms with Crippen molar-refractivity contribution in [3.8, 4) is 0 Å². The Balaban J connectivity index is 1.78. The molecule has 0 aliphatic rings. The van der Waals surface area contributed by atoms with Gasteiger partial charge >= 0.3 is 0 Å². The molecule has 0 amide bonds. The lowest BCUT2D eigenvalue weighted by molar-refractivity contribution is 0.548. The summed E-state index contributed by atoms with van der Waals surface area (Å²) in [4.78, 5) is 1.45. The van der Waals surface area contributed by atoms with Crippen LogP contribution in [0, 0.1) is 0 Å². The number of hydrogen-bond acceptors (Lipinski definition) is 2. The maximum Gasteiger partial charge on any atom is 0.0208 e. The predicted molar refractivity (Wildman–Crippen MR) is 70.8 cm³/mol. The van der Waals surface area contributed by atoms with Crippen LogP contribution in [0.3, 0.4) is 0 Å². The van der Waals surface area contributed by atoms with E-state index in [0.717, 1.165) is 13.0 Å². The molecule has 16 heavy (non-hydrogen) atoms. The summed E-state index contributed by atoms with van der Waals surface area (Å²) in [6.07, 6.45) is 1.12. The largest absolute Gasteiger partial charge is 0.310 e. The number of nitrogens with one attached hydrogen (secondary N) is 1. The summed E-state index contributed by atoms with van der Waals surface area (Å²) in [7, 11) is 0. The van der Waals surface area contributed by atoms with Gasteiger partial charge in [0.2, 0.25) is 0 Å². The molecule has 1 aromatic carbocycles. The highest BCUT2D eigenvalue weighted by molar-refractivity contribution is 7.09. The molecule has 1 nitrogen and oxygen atoms in total. The fourth-order valence-electron chi connectivity index (χ4n) is 1.69. The summed E-state index contributed by atoms with van der Waals surface area (Å²) in [5.41, 5.74) is 1.35. The van der Waals surface area contributed by atoms with E-state index in [1.165, 1.54) is 10.4 Å². The van der Waals surface area contributed by atoms with Gasteiger partial charge in [0.25, 0.3) is 0 Å². The minimum atomic E-state index is 0.527. The van der Waals surface area contributed by atoms with Gasteiger partial charge in [-0.3, -0.25) is 0 Å². The quantitative estimate of drug-likeness (QED) is 0.831. The van der Waals surface area contributed by atoms with Crippen molar-refractivity contribution in [3.05, 3.63) is 58.3 Å². The fraction of sp³-hybridized carbons (Fsp3) is 0.286. The Bertz CT molecular complexity index is 394. The van der Waals surface area contributed by atoms with Gasteiger partial charge in [-0.25, -0.2) is 0 Å². The third kappa shape index (κ3) is 3.47. The van der Waals surface area contributed by atoms with Gasteiger partial charge in [-0.1, -0.05) is 36.4 Å². The minimum absolute atomic E-state index is 0.527. The van der Waals surface area contributed by atoms with Crippen LogP contribution in [0.2, 0.25) is 0 Å². The Morgan fingerprint density at radius 3 is 2.62 bits per heavy atom. The molecule has 2 rings (SSSR count). The molecule has 1 N–H and O–H groups in total. The molecule has 1 aromatic heterocycles. The summed E-state index contributed by atoms with van der Waals surface area (Å²) in [5, 5.41) is 5.68. The highest BCUT2D eigenvalue weighted by atomic mass is 32.1. The maximum absolute atomic E-state index is 3.54.